The fraction of sp³-hybridized carbons (Fsp3) is 0.435. The van der Waals surface area contributed by atoms with Gasteiger partial charge in [-0.25, -0.2) is 0 Å². The molecule has 1 saturated heterocycles. The van der Waals surface area contributed by atoms with Crippen LogP contribution < -0.4 is 10.6 Å². The van der Waals surface area contributed by atoms with E-state index in [-0.39, 0.29) is 29.8 Å². The SMILES string of the molecule is CCN(Cc1ccccc1)c1ccc(C(=O)N2CCC(N)C(C)(C)C2)cc1.Cl. The van der Waals surface area contributed by atoms with Crippen molar-refractivity contribution < 1.29 is 4.79 Å². The molecule has 1 heterocycles. The second kappa shape index (κ2) is 9.44. The maximum atomic E-state index is 12.9. The Kier molecular flexibility index (Phi) is 7.50. The molecule has 0 spiro atoms. The van der Waals surface area contributed by atoms with Crippen LogP contribution in [0.25, 0.3) is 0 Å². The minimum Gasteiger partial charge on any atom is -0.367 e. The molecule has 0 saturated carbocycles. The molecule has 4 nitrogen and oxygen atoms in total. The van der Waals surface area contributed by atoms with Crippen molar-refractivity contribution in [3.05, 3.63) is 65.7 Å². The highest BCUT2D eigenvalue weighted by Gasteiger charge is 2.35. The van der Waals surface area contributed by atoms with Gasteiger partial charge < -0.3 is 15.5 Å². The van der Waals surface area contributed by atoms with Gasteiger partial charge in [0, 0.05) is 43.5 Å². The topological polar surface area (TPSA) is 49.6 Å². The average molecular weight is 402 g/mol. The van der Waals surface area contributed by atoms with Gasteiger partial charge in [-0.2, -0.15) is 0 Å². The lowest BCUT2D eigenvalue weighted by Gasteiger charge is -2.42. The standard InChI is InChI=1S/C23H31N3O.ClH/c1-4-25(16-18-8-6-5-7-9-18)20-12-10-19(11-13-20)22(27)26-15-14-21(24)23(2,3)17-26;/h5-13,21H,4,14-17,24H2,1-3H3;1H. The number of hydrogen-bond acceptors (Lipinski definition) is 3. The van der Waals surface area contributed by atoms with Crippen LogP contribution in [0.2, 0.25) is 0 Å². The Bertz CT molecular complexity index is 761. The molecule has 1 atom stereocenters. The van der Waals surface area contributed by atoms with E-state index < -0.39 is 0 Å². The van der Waals surface area contributed by atoms with E-state index in [1.807, 2.05) is 23.1 Å². The molecule has 0 aliphatic carbocycles. The summed E-state index contributed by atoms with van der Waals surface area (Å²) in [6.45, 7) is 9.67. The second-order valence-corrected chi connectivity index (χ2v) is 8.16. The van der Waals surface area contributed by atoms with Gasteiger partial charge in [0.15, 0.2) is 0 Å². The van der Waals surface area contributed by atoms with E-state index in [0.29, 0.717) is 6.54 Å². The van der Waals surface area contributed by atoms with E-state index in [2.05, 4.69) is 62.1 Å². The summed E-state index contributed by atoms with van der Waals surface area (Å²) in [7, 11) is 0. The van der Waals surface area contributed by atoms with Crippen molar-refractivity contribution in [1.82, 2.24) is 4.90 Å². The summed E-state index contributed by atoms with van der Waals surface area (Å²) >= 11 is 0. The number of nitrogens with zero attached hydrogens (tertiary/aromatic N) is 2. The van der Waals surface area contributed by atoms with Crippen LogP contribution in [0.15, 0.2) is 54.6 Å². The maximum Gasteiger partial charge on any atom is 0.253 e. The highest BCUT2D eigenvalue weighted by Crippen LogP contribution is 2.29. The lowest BCUT2D eigenvalue weighted by atomic mass is 9.79. The average Bonchev–Trinajstić information content (AvgIpc) is 2.68. The van der Waals surface area contributed by atoms with Gasteiger partial charge in [-0.05, 0) is 48.6 Å². The van der Waals surface area contributed by atoms with Gasteiger partial charge in [0.25, 0.3) is 5.91 Å². The van der Waals surface area contributed by atoms with Crippen molar-refractivity contribution in [2.45, 2.75) is 39.8 Å². The fourth-order valence-electron chi connectivity index (χ4n) is 3.73. The van der Waals surface area contributed by atoms with Crippen LogP contribution in [0.5, 0.6) is 0 Å². The number of nitrogens with two attached hydrogens (primary N) is 1. The van der Waals surface area contributed by atoms with E-state index >= 15 is 0 Å². The number of hydrogen-bond donors (Lipinski definition) is 1. The molecule has 1 fully saturated rings. The Morgan fingerprint density at radius 1 is 1.14 bits per heavy atom. The third kappa shape index (κ3) is 5.06. The van der Waals surface area contributed by atoms with Crippen molar-refractivity contribution >= 4 is 24.0 Å². The zero-order valence-corrected chi connectivity index (χ0v) is 17.9. The first-order chi connectivity index (χ1) is 12.9. The first kappa shape index (κ1) is 22.3. The van der Waals surface area contributed by atoms with Crippen molar-refractivity contribution in [2.24, 2.45) is 11.1 Å². The first-order valence-corrected chi connectivity index (χ1v) is 9.84. The number of rotatable bonds is 5. The van der Waals surface area contributed by atoms with Gasteiger partial charge >= 0.3 is 0 Å². The van der Waals surface area contributed by atoms with Gasteiger partial charge in [-0.3, -0.25) is 4.79 Å². The van der Waals surface area contributed by atoms with Gasteiger partial charge in [0.05, 0.1) is 0 Å². The number of anilines is 1. The lowest BCUT2D eigenvalue weighted by molar-refractivity contribution is 0.0533. The van der Waals surface area contributed by atoms with Crippen molar-refractivity contribution in [1.29, 1.82) is 0 Å². The molecule has 1 aliphatic heterocycles. The number of likely N-dealkylation sites (tertiary alicyclic amines) is 1. The number of halogens is 1. The molecule has 1 aliphatic rings. The molecule has 2 N–H and O–H groups in total. The summed E-state index contributed by atoms with van der Waals surface area (Å²) < 4.78 is 0. The lowest BCUT2D eigenvalue weighted by Crippen LogP contribution is -2.53. The van der Waals surface area contributed by atoms with Crippen LogP contribution in [0.4, 0.5) is 5.69 Å². The van der Waals surface area contributed by atoms with Crippen molar-refractivity contribution in [3.63, 3.8) is 0 Å². The van der Waals surface area contributed by atoms with Crippen LogP contribution in [0.3, 0.4) is 0 Å². The number of amides is 1. The zero-order valence-electron chi connectivity index (χ0n) is 17.1. The first-order valence-electron chi connectivity index (χ1n) is 9.84. The van der Waals surface area contributed by atoms with Gasteiger partial charge in [-0.1, -0.05) is 44.2 Å². The molecular formula is C23H32ClN3O. The third-order valence-electron chi connectivity index (χ3n) is 5.68. The van der Waals surface area contributed by atoms with Gasteiger partial charge in [0.1, 0.15) is 0 Å². The Labute approximate surface area is 175 Å². The van der Waals surface area contributed by atoms with Crippen LogP contribution in [0, 0.1) is 5.41 Å². The summed E-state index contributed by atoms with van der Waals surface area (Å²) in [4.78, 5) is 17.2. The summed E-state index contributed by atoms with van der Waals surface area (Å²) in [6.07, 6.45) is 0.859. The zero-order chi connectivity index (χ0) is 19.4. The molecule has 3 rings (SSSR count). The highest BCUT2D eigenvalue weighted by molar-refractivity contribution is 5.94. The normalized spacial score (nSPS) is 18.3. The molecule has 5 heteroatoms. The molecule has 1 amide bonds. The Hall–Kier alpha value is -2.04. The Morgan fingerprint density at radius 2 is 1.79 bits per heavy atom. The van der Waals surface area contributed by atoms with Crippen molar-refractivity contribution in [3.8, 4) is 0 Å². The van der Waals surface area contributed by atoms with Crippen LogP contribution in [0.1, 0.15) is 43.1 Å². The number of carbonyl (C=O) groups excluding carboxylic acids is 1. The van der Waals surface area contributed by atoms with E-state index in [0.717, 1.165) is 37.3 Å². The van der Waals surface area contributed by atoms with E-state index in [9.17, 15) is 4.79 Å². The predicted octanol–water partition coefficient (Wildman–Crippen LogP) is 4.33. The van der Waals surface area contributed by atoms with Gasteiger partial charge in [-0.15, -0.1) is 12.4 Å². The molecule has 0 radical (unpaired) electrons. The molecule has 2 aromatic rings. The predicted molar refractivity (Wildman–Crippen MR) is 119 cm³/mol. The second-order valence-electron chi connectivity index (χ2n) is 8.16. The number of carbonyl (C=O) groups is 1. The molecule has 152 valence electrons. The van der Waals surface area contributed by atoms with Gasteiger partial charge in [0.2, 0.25) is 0 Å². The molecule has 28 heavy (non-hydrogen) atoms. The smallest absolute Gasteiger partial charge is 0.253 e. The molecule has 2 aromatic carbocycles. The summed E-state index contributed by atoms with van der Waals surface area (Å²) in [5.41, 5.74) is 9.33. The van der Waals surface area contributed by atoms with E-state index in [1.165, 1.54) is 5.56 Å². The molecule has 0 aromatic heterocycles. The summed E-state index contributed by atoms with van der Waals surface area (Å²) in [5, 5.41) is 0. The third-order valence-corrected chi connectivity index (χ3v) is 5.68. The monoisotopic (exact) mass is 401 g/mol. The molecule has 1 unspecified atom stereocenters. The fourth-order valence-corrected chi connectivity index (χ4v) is 3.73. The molecule has 0 bridgehead atoms. The Balaban J connectivity index is 0.00000280. The number of benzene rings is 2. The quantitative estimate of drug-likeness (QED) is 0.810. The van der Waals surface area contributed by atoms with E-state index in [4.69, 9.17) is 5.73 Å². The minimum atomic E-state index is -0.0391. The van der Waals surface area contributed by atoms with E-state index in [1.54, 1.807) is 0 Å². The number of piperidine rings is 1. The largest absolute Gasteiger partial charge is 0.367 e. The van der Waals surface area contributed by atoms with Crippen LogP contribution in [-0.4, -0.2) is 36.5 Å². The Morgan fingerprint density at radius 3 is 2.36 bits per heavy atom. The highest BCUT2D eigenvalue weighted by atomic mass is 35.5. The summed E-state index contributed by atoms with van der Waals surface area (Å²) in [6, 6.07) is 18.6. The summed E-state index contributed by atoms with van der Waals surface area (Å²) in [5.74, 6) is 0.104. The maximum absolute atomic E-state index is 12.9. The minimum absolute atomic E-state index is 0. The van der Waals surface area contributed by atoms with Crippen LogP contribution >= 0.6 is 12.4 Å². The van der Waals surface area contributed by atoms with Crippen molar-refractivity contribution in [2.75, 3.05) is 24.5 Å². The van der Waals surface area contributed by atoms with Crippen LogP contribution in [-0.2, 0) is 6.54 Å². The molecular weight excluding hydrogens is 370 g/mol.